The van der Waals surface area contributed by atoms with E-state index in [1.165, 1.54) is 6.08 Å². The normalized spacial score (nSPS) is 11.3. The van der Waals surface area contributed by atoms with Crippen LogP contribution in [-0.4, -0.2) is 15.6 Å². The first-order chi connectivity index (χ1) is 11.6. The van der Waals surface area contributed by atoms with E-state index < -0.39 is 0 Å². The van der Waals surface area contributed by atoms with Gasteiger partial charge in [-0.15, -0.1) is 0 Å². The number of aromatic nitrogens is 2. The van der Waals surface area contributed by atoms with Crippen LogP contribution < -0.4 is 0 Å². The number of allylic oxidation sites excluding steroid dienone is 1. The zero-order valence-corrected chi connectivity index (χ0v) is 14.2. The van der Waals surface area contributed by atoms with Gasteiger partial charge in [0.15, 0.2) is 5.78 Å². The summed E-state index contributed by atoms with van der Waals surface area (Å²) in [5.74, 6) is 1.23. The number of carbonyl (C=O) groups excluding carboxylic acids is 1. The molecule has 4 nitrogen and oxygen atoms in total. The molecule has 122 valence electrons. The van der Waals surface area contributed by atoms with Crippen LogP contribution in [-0.2, 0) is 6.54 Å². The number of carbonyl (C=O) groups is 1. The Kier molecular flexibility index (Phi) is 4.67. The monoisotopic (exact) mass is 340 g/mol. The van der Waals surface area contributed by atoms with Gasteiger partial charge in [-0.1, -0.05) is 23.7 Å². The molecule has 0 saturated heterocycles. The van der Waals surface area contributed by atoms with Crippen LogP contribution in [0.2, 0.25) is 5.02 Å². The first-order valence-corrected chi connectivity index (χ1v) is 8.07. The van der Waals surface area contributed by atoms with Crippen molar-refractivity contribution >= 4 is 23.5 Å². The molecule has 0 fully saturated rings. The van der Waals surface area contributed by atoms with Gasteiger partial charge in [0.2, 0.25) is 0 Å². The van der Waals surface area contributed by atoms with Crippen LogP contribution in [0.15, 0.2) is 53.1 Å². The van der Waals surface area contributed by atoms with Gasteiger partial charge in [-0.2, -0.15) is 5.10 Å². The van der Waals surface area contributed by atoms with E-state index in [0.717, 1.165) is 17.8 Å². The lowest BCUT2D eigenvalue weighted by atomic mass is 10.1. The van der Waals surface area contributed by atoms with E-state index in [2.05, 4.69) is 5.10 Å². The largest absolute Gasteiger partial charge is 0.457 e. The molecule has 0 bridgehead atoms. The Hall–Kier alpha value is -2.59. The molecule has 2 aromatic heterocycles. The van der Waals surface area contributed by atoms with Crippen LogP contribution in [0.1, 0.15) is 28.7 Å². The molecule has 3 aromatic rings. The number of benzene rings is 1. The Labute approximate surface area is 145 Å². The third kappa shape index (κ3) is 3.49. The Morgan fingerprint density at radius 2 is 2.17 bits per heavy atom. The summed E-state index contributed by atoms with van der Waals surface area (Å²) in [6, 6.07) is 11.1. The third-order valence-electron chi connectivity index (χ3n) is 3.67. The van der Waals surface area contributed by atoms with E-state index >= 15 is 0 Å². The highest BCUT2D eigenvalue weighted by Crippen LogP contribution is 2.25. The van der Waals surface area contributed by atoms with Crippen molar-refractivity contribution in [3.63, 3.8) is 0 Å². The zero-order valence-electron chi connectivity index (χ0n) is 13.5. The lowest BCUT2D eigenvalue weighted by Crippen LogP contribution is -1.94. The van der Waals surface area contributed by atoms with Crippen molar-refractivity contribution < 1.29 is 9.21 Å². The number of ketones is 1. The van der Waals surface area contributed by atoms with Gasteiger partial charge in [0.1, 0.15) is 11.5 Å². The topological polar surface area (TPSA) is 48.0 Å². The smallest absolute Gasteiger partial charge is 0.189 e. The lowest BCUT2D eigenvalue weighted by molar-refractivity contribution is 0.104. The number of hydrogen-bond donors (Lipinski definition) is 0. The van der Waals surface area contributed by atoms with Gasteiger partial charge in [0, 0.05) is 23.3 Å². The van der Waals surface area contributed by atoms with E-state index in [1.54, 1.807) is 17.0 Å². The SMILES string of the molecule is CCn1cc(C(=O)/C=C/c2ccc(-c3cccc(Cl)c3)o2)c(C)n1. The van der Waals surface area contributed by atoms with Crippen molar-refractivity contribution in [2.45, 2.75) is 20.4 Å². The number of halogens is 1. The summed E-state index contributed by atoms with van der Waals surface area (Å²) in [4.78, 5) is 12.3. The molecule has 0 amide bonds. The predicted molar refractivity (Wildman–Crippen MR) is 95.2 cm³/mol. The summed E-state index contributed by atoms with van der Waals surface area (Å²) in [6.45, 7) is 4.55. The van der Waals surface area contributed by atoms with Crippen LogP contribution in [0.4, 0.5) is 0 Å². The number of aryl methyl sites for hydroxylation is 2. The lowest BCUT2D eigenvalue weighted by Gasteiger charge is -1.97. The quantitative estimate of drug-likeness (QED) is 0.484. The summed E-state index contributed by atoms with van der Waals surface area (Å²) in [5.41, 5.74) is 2.23. The standard InChI is InChI=1S/C19H17ClN2O2/c1-3-22-12-17(13(2)21-22)18(23)9-7-16-8-10-19(24-16)14-5-4-6-15(20)11-14/h4-12H,3H2,1-2H3/b9-7+. The molecule has 0 atom stereocenters. The third-order valence-corrected chi connectivity index (χ3v) is 3.91. The second-order valence-corrected chi connectivity index (χ2v) is 5.83. The molecule has 0 saturated carbocycles. The second-order valence-electron chi connectivity index (χ2n) is 5.39. The summed E-state index contributed by atoms with van der Waals surface area (Å²) in [7, 11) is 0. The van der Waals surface area contributed by atoms with Crippen molar-refractivity contribution in [3.05, 3.63) is 70.7 Å². The number of furan rings is 1. The molecule has 1 aromatic carbocycles. The van der Waals surface area contributed by atoms with Gasteiger partial charge in [-0.05, 0) is 50.3 Å². The Morgan fingerprint density at radius 1 is 1.33 bits per heavy atom. The van der Waals surface area contributed by atoms with Crippen molar-refractivity contribution in [2.75, 3.05) is 0 Å². The summed E-state index contributed by atoms with van der Waals surface area (Å²) < 4.78 is 7.50. The first-order valence-electron chi connectivity index (χ1n) is 7.69. The maximum Gasteiger partial charge on any atom is 0.189 e. The number of rotatable bonds is 5. The molecule has 24 heavy (non-hydrogen) atoms. The van der Waals surface area contributed by atoms with E-state index in [9.17, 15) is 4.79 Å². The molecule has 2 heterocycles. The maximum absolute atomic E-state index is 12.3. The second kappa shape index (κ2) is 6.89. The van der Waals surface area contributed by atoms with Crippen LogP contribution in [0.25, 0.3) is 17.4 Å². The van der Waals surface area contributed by atoms with E-state index in [-0.39, 0.29) is 5.78 Å². The summed E-state index contributed by atoms with van der Waals surface area (Å²) >= 11 is 5.99. The molecule has 0 unspecified atom stereocenters. The van der Waals surface area contributed by atoms with Gasteiger partial charge in [-0.3, -0.25) is 9.48 Å². The summed E-state index contributed by atoms with van der Waals surface area (Å²) in [5, 5.41) is 4.94. The predicted octanol–water partition coefficient (Wildman–Crippen LogP) is 5.02. The first kappa shape index (κ1) is 16.3. The van der Waals surface area contributed by atoms with Gasteiger partial charge in [-0.25, -0.2) is 0 Å². The highest BCUT2D eigenvalue weighted by molar-refractivity contribution is 6.30. The van der Waals surface area contributed by atoms with Crippen molar-refractivity contribution in [1.29, 1.82) is 0 Å². The van der Waals surface area contributed by atoms with Crippen LogP contribution in [0, 0.1) is 6.92 Å². The number of nitrogens with zero attached hydrogens (tertiary/aromatic N) is 2. The molecule has 0 radical (unpaired) electrons. The van der Waals surface area contributed by atoms with Gasteiger partial charge >= 0.3 is 0 Å². The van der Waals surface area contributed by atoms with Crippen molar-refractivity contribution in [2.24, 2.45) is 0 Å². The maximum atomic E-state index is 12.3. The van der Waals surface area contributed by atoms with E-state index in [1.807, 2.05) is 50.2 Å². The summed E-state index contributed by atoms with van der Waals surface area (Å²) in [6.07, 6.45) is 4.94. The average molecular weight is 341 g/mol. The van der Waals surface area contributed by atoms with Crippen LogP contribution in [0.3, 0.4) is 0 Å². The molecule has 3 rings (SSSR count). The van der Waals surface area contributed by atoms with Gasteiger partial charge in [0.25, 0.3) is 0 Å². The molecule has 0 aliphatic carbocycles. The minimum atomic E-state index is -0.0899. The minimum absolute atomic E-state index is 0.0899. The van der Waals surface area contributed by atoms with Crippen molar-refractivity contribution in [1.82, 2.24) is 9.78 Å². The fraction of sp³-hybridized carbons (Fsp3) is 0.158. The highest BCUT2D eigenvalue weighted by atomic mass is 35.5. The van der Waals surface area contributed by atoms with E-state index in [4.69, 9.17) is 16.0 Å². The van der Waals surface area contributed by atoms with Gasteiger partial charge in [0.05, 0.1) is 11.3 Å². The van der Waals surface area contributed by atoms with Crippen molar-refractivity contribution in [3.8, 4) is 11.3 Å². The fourth-order valence-electron chi connectivity index (χ4n) is 2.41. The average Bonchev–Trinajstić information content (AvgIpc) is 3.19. The molecule has 0 spiro atoms. The molecule has 5 heteroatoms. The molecule has 0 aliphatic rings. The minimum Gasteiger partial charge on any atom is -0.457 e. The zero-order chi connectivity index (χ0) is 17.1. The molecular formula is C19H17ClN2O2. The van der Waals surface area contributed by atoms with E-state index in [0.29, 0.717) is 22.1 Å². The Morgan fingerprint density at radius 3 is 2.88 bits per heavy atom. The van der Waals surface area contributed by atoms with Crippen LogP contribution in [0.5, 0.6) is 0 Å². The molecular weight excluding hydrogens is 324 g/mol. The van der Waals surface area contributed by atoms with Gasteiger partial charge < -0.3 is 4.42 Å². The number of hydrogen-bond acceptors (Lipinski definition) is 3. The van der Waals surface area contributed by atoms with Crippen LogP contribution >= 0.6 is 11.6 Å². The fourth-order valence-corrected chi connectivity index (χ4v) is 2.60. The Balaban J connectivity index is 1.77. The highest BCUT2D eigenvalue weighted by Gasteiger charge is 2.10. The molecule has 0 aliphatic heterocycles. The Bertz CT molecular complexity index is 906. The molecule has 0 N–H and O–H groups in total.